The van der Waals surface area contributed by atoms with Crippen molar-refractivity contribution in [3.05, 3.63) is 18.0 Å². The van der Waals surface area contributed by atoms with E-state index in [1.807, 2.05) is 11.8 Å². The molecule has 2 atom stereocenters. The molecule has 1 saturated carbocycles. The van der Waals surface area contributed by atoms with Crippen LogP contribution in [0.5, 0.6) is 0 Å². The van der Waals surface area contributed by atoms with Crippen LogP contribution in [0.25, 0.3) is 0 Å². The zero-order valence-corrected chi connectivity index (χ0v) is 17.4. The molecule has 3 fully saturated rings. The molecule has 0 aromatic carbocycles. The molecule has 2 aliphatic heterocycles. The normalized spacial score (nSPS) is 25.3. The Morgan fingerprint density at radius 3 is 2.66 bits per heavy atom. The van der Waals surface area contributed by atoms with E-state index in [9.17, 15) is 9.59 Å². The van der Waals surface area contributed by atoms with E-state index in [0.29, 0.717) is 57.5 Å². The standard InChI is InChI=1S/C21H33N5O3/c1-2-26-19(7-8-23-26)21(28)22-14-18-6-5-17(25(18)15-16-3-4-16)13-20(27)24-9-11-29-12-10-24/h7-8,16-18H,2-6,9-15H2,1H3,(H,22,28)/t17-,18+/m1/s1. The van der Waals surface area contributed by atoms with Gasteiger partial charge in [0, 0.05) is 57.4 Å². The molecule has 1 aliphatic carbocycles. The van der Waals surface area contributed by atoms with E-state index in [4.69, 9.17) is 4.74 Å². The van der Waals surface area contributed by atoms with Crippen molar-refractivity contribution in [3.63, 3.8) is 0 Å². The van der Waals surface area contributed by atoms with Crippen LogP contribution in [0.15, 0.2) is 12.3 Å². The number of morpholine rings is 1. The highest BCUT2D eigenvalue weighted by molar-refractivity contribution is 5.92. The molecule has 2 saturated heterocycles. The number of nitrogens with one attached hydrogen (secondary N) is 1. The number of nitrogens with zero attached hydrogens (tertiary/aromatic N) is 4. The second-order valence-corrected chi connectivity index (χ2v) is 8.46. The van der Waals surface area contributed by atoms with Gasteiger partial charge in [0.25, 0.3) is 5.91 Å². The van der Waals surface area contributed by atoms with Gasteiger partial charge in [0.2, 0.25) is 5.91 Å². The monoisotopic (exact) mass is 403 g/mol. The average Bonchev–Trinajstić information content (AvgIpc) is 3.30. The topological polar surface area (TPSA) is 79.7 Å². The predicted octanol–water partition coefficient (Wildman–Crippen LogP) is 1.12. The van der Waals surface area contributed by atoms with Crippen molar-refractivity contribution in [2.24, 2.45) is 5.92 Å². The molecule has 3 aliphatic rings. The lowest BCUT2D eigenvalue weighted by Crippen LogP contribution is -2.47. The first-order chi connectivity index (χ1) is 14.2. The Bertz CT molecular complexity index is 711. The summed E-state index contributed by atoms with van der Waals surface area (Å²) in [6.45, 7) is 7.04. The van der Waals surface area contributed by atoms with Gasteiger partial charge in [-0.05, 0) is 44.6 Å². The van der Waals surface area contributed by atoms with Crippen LogP contribution < -0.4 is 5.32 Å². The van der Waals surface area contributed by atoms with Gasteiger partial charge in [-0.15, -0.1) is 0 Å². The number of hydrogen-bond acceptors (Lipinski definition) is 5. The Morgan fingerprint density at radius 1 is 1.17 bits per heavy atom. The van der Waals surface area contributed by atoms with Crippen LogP contribution in [0.1, 0.15) is 49.5 Å². The highest BCUT2D eigenvalue weighted by atomic mass is 16.5. The number of ether oxygens (including phenoxy) is 1. The van der Waals surface area contributed by atoms with Crippen molar-refractivity contribution < 1.29 is 14.3 Å². The molecule has 3 heterocycles. The smallest absolute Gasteiger partial charge is 0.269 e. The highest BCUT2D eigenvalue weighted by Crippen LogP contribution is 2.35. The van der Waals surface area contributed by atoms with Crippen molar-refractivity contribution in [3.8, 4) is 0 Å². The van der Waals surface area contributed by atoms with Crippen molar-refractivity contribution >= 4 is 11.8 Å². The van der Waals surface area contributed by atoms with Gasteiger partial charge in [0.05, 0.1) is 13.2 Å². The molecule has 8 nitrogen and oxygen atoms in total. The maximum absolute atomic E-state index is 12.8. The molecular formula is C21H33N5O3. The quantitative estimate of drug-likeness (QED) is 0.704. The molecule has 2 amide bonds. The summed E-state index contributed by atoms with van der Waals surface area (Å²) in [7, 11) is 0. The van der Waals surface area contributed by atoms with Gasteiger partial charge < -0.3 is 15.0 Å². The minimum Gasteiger partial charge on any atom is -0.378 e. The summed E-state index contributed by atoms with van der Waals surface area (Å²) >= 11 is 0. The Hall–Kier alpha value is -1.93. The lowest BCUT2D eigenvalue weighted by Gasteiger charge is -2.33. The van der Waals surface area contributed by atoms with Crippen LogP contribution in [0.3, 0.4) is 0 Å². The van der Waals surface area contributed by atoms with Gasteiger partial charge in [0.15, 0.2) is 0 Å². The van der Waals surface area contributed by atoms with E-state index < -0.39 is 0 Å². The first-order valence-electron chi connectivity index (χ1n) is 11.1. The summed E-state index contributed by atoms with van der Waals surface area (Å²) in [5.41, 5.74) is 0.610. The zero-order chi connectivity index (χ0) is 20.2. The number of aromatic nitrogens is 2. The third-order valence-corrected chi connectivity index (χ3v) is 6.46. The molecule has 0 spiro atoms. The van der Waals surface area contributed by atoms with Gasteiger partial charge in [-0.2, -0.15) is 5.10 Å². The summed E-state index contributed by atoms with van der Waals surface area (Å²) in [4.78, 5) is 29.8. The molecule has 29 heavy (non-hydrogen) atoms. The molecule has 8 heteroatoms. The second-order valence-electron chi connectivity index (χ2n) is 8.46. The van der Waals surface area contributed by atoms with Gasteiger partial charge in [-0.3, -0.25) is 19.2 Å². The minimum absolute atomic E-state index is 0.0661. The number of aryl methyl sites for hydroxylation is 1. The number of carbonyl (C=O) groups excluding carboxylic acids is 2. The summed E-state index contributed by atoms with van der Waals surface area (Å²) in [5.74, 6) is 0.938. The van der Waals surface area contributed by atoms with Crippen LogP contribution in [0.4, 0.5) is 0 Å². The Balaban J connectivity index is 1.34. The van der Waals surface area contributed by atoms with Crippen LogP contribution in [0.2, 0.25) is 0 Å². The molecule has 1 aromatic heterocycles. The summed E-state index contributed by atoms with van der Waals surface area (Å²) in [6.07, 6.45) is 6.88. The fraction of sp³-hybridized carbons (Fsp3) is 0.762. The fourth-order valence-corrected chi connectivity index (χ4v) is 4.57. The lowest BCUT2D eigenvalue weighted by atomic mass is 10.1. The predicted molar refractivity (Wildman–Crippen MR) is 108 cm³/mol. The molecule has 0 unspecified atom stereocenters. The van der Waals surface area contributed by atoms with E-state index in [1.54, 1.807) is 16.9 Å². The minimum atomic E-state index is -0.0661. The molecule has 1 aromatic rings. The summed E-state index contributed by atoms with van der Waals surface area (Å²) < 4.78 is 7.09. The van der Waals surface area contributed by atoms with Crippen molar-refractivity contribution in [2.75, 3.05) is 39.4 Å². The number of rotatable bonds is 8. The third kappa shape index (κ3) is 4.98. The Labute approximate surface area is 172 Å². The van der Waals surface area contributed by atoms with Crippen LogP contribution in [-0.2, 0) is 16.1 Å². The number of hydrogen-bond donors (Lipinski definition) is 1. The van der Waals surface area contributed by atoms with E-state index in [2.05, 4.69) is 15.3 Å². The fourth-order valence-electron chi connectivity index (χ4n) is 4.57. The summed E-state index contributed by atoms with van der Waals surface area (Å²) in [6, 6.07) is 2.35. The number of amides is 2. The maximum Gasteiger partial charge on any atom is 0.269 e. The Morgan fingerprint density at radius 2 is 1.93 bits per heavy atom. The molecule has 4 rings (SSSR count). The van der Waals surface area contributed by atoms with Crippen molar-refractivity contribution in [1.29, 1.82) is 0 Å². The van der Waals surface area contributed by atoms with Crippen LogP contribution in [0, 0.1) is 5.92 Å². The maximum atomic E-state index is 12.8. The zero-order valence-electron chi connectivity index (χ0n) is 17.4. The second kappa shape index (κ2) is 9.26. The first-order valence-corrected chi connectivity index (χ1v) is 11.1. The molecular weight excluding hydrogens is 370 g/mol. The molecule has 0 radical (unpaired) electrons. The van der Waals surface area contributed by atoms with E-state index >= 15 is 0 Å². The number of carbonyl (C=O) groups is 2. The molecule has 1 N–H and O–H groups in total. The lowest BCUT2D eigenvalue weighted by molar-refractivity contribution is -0.136. The van der Waals surface area contributed by atoms with Gasteiger partial charge in [-0.1, -0.05) is 0 Å². The average molecular weight is 404 g/mol. The van der Waals surface area contributed by atoms with E-state index in [0.717, 1.165) is 25.3 Å². The Kier molecular flexibility index (Phi) is 6.50. The van der Waals surface area contributed by atoms with Gasteiger partial charge >= 0.3 is 0 Å². The van der Waals surface area contributed by atoms with Crippen LogP contribution >= 0.6 is 0 Å². The van der Waals surface area contributed by atoms with E-state index in [1.165, 1.54) is 12.8 Å². The van der Waals surface area contributed by atoms with Crippen molar-refractivity contribution in [2.45, 2.75) is 57.7 Å². The largest absolute Gasteiger partial charge is 0.378 e. The number of likely N-dealkylation sites (tertiary alicyclic amines) is 1. The van der Waals surface area contributed by atoms with Crippen molar-refractivity contribution in [1.82, 2.24) is 24.9 Å². The van der Waals surface area contributed by atoms with E-state index in [-0.39, 0.29) is 17.9 Å². The molecule has 160 valence electrons. The SMILES string of the molecule is CCn1nccc1C(=O)NC[C@@H]1CC[C@H](CC(=O)N2CCOCC2)N1CC1CC1. The molecule has 0 bridgehead atoms. The van der Waals surface area contributed by atoms with Gasteiger partial charge in [-0.25, -0.2) is 0 Å². The highest BCUT2D eigenvalue weighted by Gasteiger charge is 2.38. The van der Waals surface area contributed by atoms with Gasteiger partial charge in [0.1, 0.15) is 5.69 Å². The summed E-state index contributed by atoms with van der Waals surface area (Å²) in [5, 5.41) is 7.29. The first kappa shape index (κ1) is 20.3. The van der Waals surface area contributed by atoms with Crippen LogP contribution in [-0.4, -0.2) is 82.9 Å². The third-order valence-electron chi connectivity index (χ3n) is 6.46.